The maximum atomic E-state index is 13.4. The maximum Gasteiger partial charge on any atom is 0.260 e. The Kier molecular flexibility index (Phi) is 8.26. The molecule has 3 aromatic carbocycles. The molecule has 0 unspecified atom stereocenters. The third-order valence-electron chi connectivity index (χ3n) is 5.06. The van der Waals surface area contributed by atoms with Crippen molar-refractivity contribution in [2.45, 2.75) is 6.42 Å². The second-order valence-electron chi connectivity index (χ2n) is 7.70. The summed E-state index contributed by atoms with van der Waals surface area (Å²) in [5, 5.41) is 1.27. The third kappa shape index (κ3) is 5.67. The number of likely N-dealkylation sites (N-methyl/N-ethyl adjacent to an activating group) is 1. The monoisotopic (exact) mass is 485 g/mol. The number of hydrogen-bond acceptors (Lipinski definition) is 4. The average Bonchev–Trinajstić information content (AvgIpc) is 3.20. The Balaban J connectivity index is 0.00000289. The van der Waals surface area contributed by atoms with Gasteiger partial charge < -0.3 is 4.90 Å². The molecule has 0 spiro atoms. The van der Waals surface area contributed by atoms with E-state index in [1.165, 1.54) is 22.5 Å². The minimum Gasteiger partial charge on any atom is -0.308 e. The summed E-state index contributed by atoms with van der Waals surface area (Å²) in [6, 6.07) is 23.9. The molecule has 0 aliphatic rings. The van der Waals surface area contributed by atoms with Crippen molar-refractivity contribution in [2.75, 3.05) is 32.1 Å². The Morgan fingerprint density at radius 1 is 0.906 bits per heavy atom. The van der Waals surface area contributed by atoms with E-state index in [-0.39, 0.29) is 18.3 Å². The van der Waals surface area contributed by atoms with E-state index in [0.29, 0.717) is 22.3 Å². The number of para-hydroxylation sites is 1. The molecule has 7 heteroatoms. The Morgan fingerprint density at radius 2 is 1.59 bits per heavy atom. The van der Waals surface area contributed by atoms with Gasteiger partial charge in [0, 0.05) is 18.7 Å². The molecule has 4 nitrogen and oxygen atoms in total. The van der Waals surface area contributed by atoms with Gasteiger partial charge in [0.2, 0.25) is 0 Å². The third-order valence-corrected chi connectivity index (χ3v) is 6.41. The average molecular weight is 486 g/mol. The number of rotatable bonds is 7. The van der Waals surface area contributed by atoms with Crippen molar-refractivity contribution in [3.05, 3.63) is 94.5 Å². The summed E-state index contributed by atoms with van der Waals surface area (Å²) in [5.74, 6) is -0.0525. The van der Waals surface area contributed by atoms with Crippen LogP contribution in [0.3, 0.4) is 0 Å². The number of fused-ring (bicyclic) bond motifs is 1. The number of halogens is 2. The summed E-state index contributed by atoms with van der Waals surface area (Å²) in [6.45, 7) is 1.29. The van der Waals surface area contributed by atoms with Crippen molar-refractivity contribution < 1.29 is 4.79 Å². The highest BCUT2D eigenvalue weighted by Gasteiger charge is 2.22. The number of thiazole rings is 1. The fraction of sp³-hybridized carbons (Fsp3) is 0.200. The number of nitrogens with zero attached hydrogens (tertiary/aromatic N) is 3. The zero-order valence-corrected chi connectivity index (χ0v) is 20.4. The first kappa shape index (κ1) is 24.2. The van der Waals surface area contributed by atoms with E-state index in [1.807, 2.05) is 74.8 Å². The molecule has 0 saturated heterocycles. The first-order valence-corrected chi connectivity index (χ1v) is 11.4. The molecule has 32 heavy (non-hydrogen) atoms. The predicted octanol–water partition coefficient (Wildman–Crippen LogP) is 6.17. The van der Waals surface area contributed by atoms with Crippen LogP contribution in [0.15, 0.2) is 72.8 Å². The fourth-order valence-corrected chi connectivity index (χ4v) is 4.65. The highest BCUT2D eigenvalue weighted by atomic mass is 35.5. The first-order chi connectivity index (χ1) is 15.0. The normalized spacial score (nSPS) is 10.9. The number of benzene rings is 3. The minimum absolute atomic E-state index is 0. The van der Waals surface area contributed by atoms with Gasteiger partial charge in [0.15, 0.2) is 5.13 Å². The lowest BCUT2D eigenvalue weighted by atomic mass is 10.0. The first-order valence-electron chi connectivity index (χ1n) is 10.2. The van der Waals surface area contributed by atoms with E-state index < -0.39 is 0 Å². The molecule has 1 heterocycles. The van der Waals surface area contributed by atoms with E-state index in [4.69, 9.17) is 11.6 Å². The van der Waals surface area contributed by atoms with Crippen LogP contribution in [0, 0.1) is 0 Å². The second-order valence-corrected chi connectivity index (χ2v) is 9.12. The molecule has 0 atom stereocenters. The van der Waals surface area contributed by atoms with E-state index in [0.717, 1.165) is 23.2 Å². The molecule has 1 aromatic heterocycles. The van der Waals surface area contributed by atoms with Gasteiger partial charge in [-0.05, 0) is 55.9 Å². The minimum atomic E-state index is -0.0525. The topological polar surface area (TPSA) is 36.4 Å². The number of carbonyl (C=O) groups is 1. The van der Waals surface area contributed by atoms with Crippen LogP contribution in [0.2, 0.25) is 5.02 Å². The van der Waals surface area contributed by atoms with Crippen LogP contribution in [0.25, 0.3) is 10.2 Å². The van der Waals surface area contributed by atoms with Crippen LogP contribution in [0.1, 0.15) is 21.5 Å². The van der Waals surface area contributed by atoms with Gasteiger partial charge in [0.1, 0.15) is 5.52 Å². The van der Waals surface area contributed by atoms with Gasteiger partial charge in [-0.2, -0.15) is 0 Å². The Labute approximate surface area is 203 Å². The maximum absolute atomic E-state index is 13.4. The molecular weight excluding hydrogens is 461 g/mol. The summed E-state index contributed by atoms with van der Waals surface area (Å²) in [6.07, 6.45) is 0.843. The zero-order valence-electron chi connectivity index (χ0n) is 18.0. The molecule has 4 rings (SSSR count). The lowest BCUT2D eigenvalue weighted by Gasteiger charge is -2.22. The largest absolute Gasteiger partial charge is 0.308 e. The lowest BCUT2D eigenvalue weighted by molar-refractivity contribution is 0.0985. The van der Waals surface area contributed by atoms with Crippen LogP contribution in [-0.2, 0) is 6.42 Å². The van der Waals surface area contributed by atoms with Gasteiger partial charge in [-0.1, -0.05) is 71.5 Å². The summed E-state index contributed by atoms with van der Waals surface area (Å²) in [5.41, 5.74) is 3.82. The van der Waals surface area contributed by atoms with Gasteiger partial charge in [-0.15, -0.1) is 12.4 Å². The van der Waals surface area contributed by atoms with Crippen LogP contribution >= 0.6 is 35.3 Å². The van der Waals surface area contributed by atoms with Crippen LogP contribution in [0.5, 0.6) is 0 Å². The lowest BCUT2D eigenvalue weighted by Crippen LogP contribution is -2.36. The quantitative estimate of drug-likeness (QED) is 0.314. The highest BCUT2D eigenvalue weighted by Crippen LogP contribution is 2.33. The molecule has 0 saturated carbocycles. The number of amides is 1. The summed E-state index contributed by atoms with van der Waals surface area (Å²) >= 11 is 7.81. The Hall–Kier alpha value is -2.44. The summed E-state index contributed by atoms with van der Waals surface area (Å²) in [4.78, 5) is 21.9. The number of anilines is 1. The summed E-state index contributed by atoms with van der Waals surface area (Å²) < 4.78 is 0.975. The standard InChI is InChI=1S/C25H24ClN3OS.ClH/c1-28(2)15-16-29(25-27-23-21(26)9-6-10-22(23)31-25)24(30)20-13-11-19(12-14-20)17-18-7-4-3-5-8-18;/h3-14H,15-17H2,1-2H3;1H. The van der Waals surface area contributed by atoms with Gasteiger partial charge in [-0.3, -0.25) is 9.69 Å². The van der Waals surface area contributed by atoms with Crippen molar-refractivity contribution >= 4 is 56.6 Å². The van der Waals surface area contributed by atoms with Crippen LogP contribution in [-0.4, -0.2) is 43.0 Å². The van der Waals surface area contributed by atoms with E-state index in [2.05, 4.69) is 22.0 Å². The van der Waals surface area contributed by atoms with Crippen molar-refractivity contribution in [2.24, 2.45) is 0 Å². The van der Waals surface area contributed by atoms with Gasteiger partial charge in [0.05, 0.1) is 9.72 Å². The Morgan fingerprint density at radius 3 is 2.25 bits per heavy atom. The SMILES string of the molecule is CN(C)CCN(C(=O)c1ccc(Cc2ccccc2)cc1)c1nc2c(Cl)cccc2s1.Cl. The number of carbonyl (C=O) groups excluding carboxylic acids is 1. The fourth-order valence-electron chi connectivity index (χ4n) is 3.36. The molecule has 0 aliphatic carbocycles. The Bertz CT molecular complexity index is 1180. The molecular formula is C25H25Cl2N3OS. The van der Waals surface area contributed by atoms with E-state index in [9.17, 15) is 4.79 Å². The van der Waals surface area contributed by atoms with Crippen LogP contribution in [0.4, 0.5) is 5.13 Å². The number of aromatic nitrogens is 1. The number of hydrogen-bond donors (Lipinski definition) is 0. The molecule has 0 radical (unpaired) electrons. The molecule has 166 valence electrons. The molecule has 1 amide bonds. The van der Waals surface area contributed by atoms with Crippen molar-refractivity contribution in [1.82, 2.24) is 9.88 Å². The summed E-state index contributed by atoms with van der Waals surface area (Å²) in [7, 11) is 3.99. The van der Waals surface area contributed by atoms with Crippen molar-refractivity contribution in [3.8, 4) is 0 Å². The molecule has 4 aromatic rings. The van der Waals surface area contributed by atoms with Crippen LogP contribution < -0.4 is 4.90 Å². The second kappa shape index (κ2) is 10.9. The molecule has 0 N–H and O–H groups in total. The predicted molar refractivity (Wildman–Crippen MR) is 138 cm³/mol. The van der Waals surface area contributed by atoms with Crippen molar-refractivity contribution in [1.29, 1.82) is 0 Å². The van der Waals surface area contributed by atoms with Gasteiger partial charge in [0.25, 0.3) is 5.91 Å². The zero-order chi connectivity index (χ0) is 21.8. The highest BCUT2D eigenvalue weighted by molar-refractivity contribution is 7.22. The molecule has 0 bridgehead atoms. The molecule has 0 aliphatic heterocycles. The van der Waals surface area contributed by atoms with Gasteiger partial charge in [-0.25, -0.2) is 4.98 Å². The molecule has 0 fully saturated rings. The van der Waals surface area contributed by atoms with Crippen molar-refractivity contribution in [3.63, 3.8) is 0 Å². The smallest absolute Gasteiger partial charge is 0.260 e. The van der Waals surface area contributed by atoms with Gasteiger partial charge >= 0.3 is 0 Å². The van der Waals surface area contributed by atoms with E-state index >= 15 is 0 Å². The van der Waals surface area contributed by atoms with E-state index in [1.54, 1.807) is 4.90 Å².